The van der Waals surface area contributed by atoms with E-state index in [0.717, 1.165) is 15.8 Å². The number of amides is 4. The number of halogens is 1. The summed E-state index contributed by atoms with van der Waals surface area (Å²) in [4.78, 5) is 64.1. The van der Waals surface area contributed by atoms with Crippen LogP contribution in [0.15, 0.2) is 40.9 Å². The minimum Gasteiger partial charge on any atom is -0.454 e. The Labute approximate surface area is 199 Å². The quantitative estimate of drug-likeness (QED) is 0.255. The maximum Gasteiger partial charge on any atom is 0.330 e. The van der Waals surface area contributed by atoms with Crippen molar-refractivity contribution in [2.24, 2.45) is 29.6 Å². The second kappa shape index (κ2) is 9.09. The molecule has 1 saturated carbocycles. The molecule has 9 nitrogen and oxygen atoms in total. The molecule has 0 radical (unpaired) electrons. The number of carbonyl (C=O) groups is 5. The predicted molar refractivity (Wildman–Crippen MR) is 119 cm³/mol. The lowest BCUT2D eigenvalue weighted by molar-refractivity contribution is -0.162. The Morgan fingerprint density at radius 1 is 1.03 bits per heavy atom. The molecule has 0 unspecified atom stereocenters. The first-order valence-electron chi connectivity index (χ1n) is 10.8. The summed E-state index contributed by atoms with van der Waals surface area (Å²) in [6, 6.07) is 5.39. The fourth-order valence-electron chi connectivity index (χ4n) is 4.93. The van der Waals surface area contributed by atoms with Gasteiger partial charge in [0.1, 0.15) is 6.04 Å². The molecule has 0 spiro atoms. The maximum absolute atomic E-state index is 13.0. The zero-order valence-electron chi connectivity index (χ0n) is 18.1. The lowest BCUT2D eigenvalue weighted by Gasteiger charge is -2.28. The number of hydrogen-bond acceptors (Lipinski definition) is 6. The molecule has 2 N–H and O–H groups in total. The number of likely N-dealkylation sites (tertiary alicyclic amines) is 1. The Bertz CT molecular complexity index is 1010. The molecule has 5 atom stereocenters. The highest BCUT2D eigenvalue weighted by Gasteiger charge is 2.61. The fourth-order valence-corrected chi connectivity index (χ4v) is 5.20. The Morgan fingerprint density at radius 3 is 2.15 bits per heavy atom. The van der Waals surface area contributed by atoms with Gasteiger partial charge in [0.05, 0.1) is 11.8 Å². The summed E-state index contributed by atoms with van der Waals surface area (Å²) in [6.07, 6.45) is 4.76. The summed E-state index contributed by atoms with van der Waals surface area (Å²) in [5, 5.41) is 0. The molecule has 10 heteroatoms. The predicted octanol–water partition coefficient (Wildman–Crippen LogP) is 1.58. The van der Waals surface area contributed by atoms with Gasteiger partial charge in [0.2, 0.25) is 11.8 Å². The molecule has 174 valence electrons. The van der Waals surface area contributed by atoms with Crippen LogP contribution in [0.3, 0.4) is 0 Å². The standard InChI is InChI=1S/C23H24BrN3O6/c1-11(2)19(27-21(30)17-13-3-4-14(9-13)18(17)22(27)31)23(32)33-10-16(28)25-26-20(29)12-5-7-15(24)8-6-12/h3-8,11,13-14,17-19H,9-10H2,1-2H3,(H,25,28)(H,26,29)/t13-,14-,17-,18-,19+/m0/s1. The summed E-state index contributed by atoms with van der Waals surface area (Å²) in [5.74, 6) is -3.98. The van der Waals surface area contributed by atoms with Gasteiger partial charge in [-0.2, -0.15) is 0 Å². The van der Waals surface area contributed by atoms with Crippen LogP contribution < -0.4 is 10.9 Å². The van der Waals surface area contributed by atoms with E-state index in [0.29, 0.717) is 5.56 Å². The molecule has 1 saturated heterocycles. The smallest absolute Gasteiger partial charge is 0.330 e. The minimum atomic E-state index is -1.11. The van der Waals surface area contributed by atoms with Gasteiger partial charge in [-0.25, -0.2) is 4.79 Å². The Balaban J connectivity index is 1.33. The Kier molecular flexibility index (Phi) is 6.38. The molecule has 2 aliphatic carbocycles. The molecule has 4 amide bonds. The summed E-state index contributed by atoms with van der Waals surface area (Å²) >= 11 is 3.27. The third-order valence-electron chi connectivity index (χ3n) is 6.42. The first kappa shape index (κ1) is 23.2. The van der Waals surface area contributed by atoms with Gasteiger partial charge < -0.3 is 4.74 Å². The average molecular weight is 518 g/mol. The van der Waals surface area contributed by atoms with E-state index in [4.69, 9.17) is 4.74 Å². The van der Waals surface area contributed by atoms with Crippen LogP contribution in [-0.4, -0.2) is 47.1 Å². The second-order valence-corrected chi connectivity index (χ2v) is 9.77. The number of rotatable bonds is 6. The van der Waals surface area contributed by atoms with Crippen molar-refractivity contribution in [2.75, 3.05) is 6.61 Å². The first-order valence-corrected chi connectivity index (χ1v) is 11.5. The van der Waals surface area contributed by atoms with Gasteiger partial charge in [-0.15, -0.1) is 0 Å². The van der Waals surface area contributed by atoms with E-state index >= 15 is 0 Å². The molecule has 1 aromatic carbocycles. The first-order chi connectivity index (χ1) is 15.7. The number of imide groups is 1. The normalized spacial score (nSPS) is 25.9. The maximum atomic E-state index is 13.0. The number of hydrogen-bond donors (Lipinski definition) is 2. The van der Waals surface area contributed by atoms with Crippen molar-refractivity contribution in [3.8, 4) is 0 Å². The number of fused-ring (bicyclic) bond motifs is 5. The number of ether oxygens (including phenoxy) is 1. The van der Waals surface area contributed by atoms with Crippen LogP contribution in [-0.2, 0) is 23.9 Å². The number of carbonyl (C=O) groups excluding carboxylic acids is 5. The van der Waals surface area contributed by atoms with Gasteiger partial charge in [0.25, 0.3) is 11.8 Å². The van der Waals surface area contributed by atoms with Crippen molar-refractivity contribution in [2.45, 2.75) is 26.3 Å². The summed E-state index contributed by atoms with van der Waals surface area (Å²) in [5.41, 5.74) is 4.74. The van der Waals surface area contributed by atoms with Crippen LogP contribution in [0.4, 0.5) is 0 Å². The number of esters is 1. The van der Waals surface area contributed by atoms with Gasteiger partial charge in [-0.05, 0) is 48.4 Å². The van der Waals surface area contributed by atoms with Crippen LogP contribution in [0.1, 0.15) is 30.6 Å². The highest BCUT2D eigenvalue weighted by Crippen LogP contribution is 2.53. The molecule has 33 heavy (non-hydrogen) atoms. The molecule has 3 aliphatic rings. The zero-order chi connectivity index (χ0) is 23.9. The third-order valence-corrected chi connectivity index (χ3v) is 6.95. The highest BCUT2D eigenvalue weighted by molar-refractivity contribution is 9.10. The van der Waals surface area contributed by atoms with E-state index in [1.165, 1.54) is 0 Å². The van der Waals surface area contributed by atoms with Gasteiger partial charge in [0.15, 0.2) is 6.61 Å². The van der Waals surface area contributed by atoms with Crippen LogP contribution in [0, 0.1) is 29.6 Å². The summed E-state index contributed by atoms with van der Waals surface area (Å²) in [6.45, 7) is 2.76. The molecule has 2 bridgehead atoms. The Hall–Kier alpha value is -3.01. The SMILES string of the molecule is CC(C)[C@H](C(=O)OCC(=O)NNC(=O)c1ccc(Br)cc1)N1C(=O)[C@@H]2[C@@H](C1=O)[C@H]1C=C[C@H]2C1. The van der Waals surface area contributed by atoms with Crippen molar-refractivity contribution in [1.29, 1.82) is 0 Å². The summed E-state index contributed by atoms with van der Waals surface area (Å²) in [7, 11) is 0. The van der Waals surface area contributed by atoms with E-state index in [2.05, 4.69) is 26.8 Å². The van der Waals surface area contributed by atoms with E-state index < -0.39 is 48.2 Å². The molecule has 0 aromatic heterocycles. The van der Waals surface area contributed by atoms with Crippen LogP contribution in [0.5, 0.6) is 0 Å². The van der Waals surface area contributed by atoms with Crippen LogP contribution in [0.25, 0.3) is 0 Å². The van der Waals surface area contributed by atoms with E-state index in [-0.39, 0.29) is 23.7 Å². The Morgan fingerprint density at radius 2 is 1.61 bits per heavy atom. The molecular weight excluding hydrogens is 494 g/mol. The number of nitrogens with zero attached hydrogens (tertiary/aromatic N) is 1. The molecular formula is C23H24BrN3O6. The molecule has 1 heterocycles. The second-order valence-electron chi connectivity index (χ2n) is 8.85. The van der Waals surface area contributed by atoms with Crippen molar-refractivity contribution in [1.82, 2.24) is 15.8 Å². The van der Waals surface area contributed by atoms with Crippen LogP contribution >= 0.6 is 15.9 Å². The lowest BCUT2D eigenvalue weighted by Crippen LogP contribution is -2.50. The number of nitrogens with one attached hydrogen (secondary N) is 2. The molecule has 1 aromatic rings. The molecule has 1 aliphatic heterocycles. The van der Waals surface area contributed by atoms with Gasteiger partial charge >= 0.3 is 5.97 Å². The highest BCUT2D eigenvalue weighted by atomic mass is 79.9. The zero-order valence-corrected chi connectivity index (χ0v) is 19.7. The van der Waals surface area contributed by atoms with E-state index in [1.54, 1.807) is 38.1 Å². The largest absolute Gasteiger partial charge is 0.454 e. The topological polar surface area (TPSA) is 122 Å². The molecule has 4 rings (SSSR count). The van der Waals surface area contributed by atoms with Crippen molar-refractivity contribution in [3.63, 3.8) is 0 Å². The van der Waals surface area contributed by atoms with Gasteiger partial charge in [0, 0.05) is 10.0 Å². The number of hydrazine groups is 1. The van der Waals surface area contributed by atoms with Crippen molar-refractivity contribution < 1.29 is 28.7 Å². The monoisotopic (exact) mass is 517 g/mol. The third kappa shape index (κ3) is 4.31. The average Bonchev–Trinajstić information content (AvgIpc) is 3.46. The van der Waals surface area contributed by atoms with Crippen molar-refractivity contribution in [3.05, 3.63) is 46.5 Å². The van der Waals surface area contributed by atoms with Gasteiger partial charge in [-0.3, -0.25) is 34.9 Å². The van der Waals surface area contributed by atoms with Crippen molar-refractivity contribution >= 4 is 45.5 Å². The van der Waals surface area contributed by atoms with E-state index in [9.17, 15) is 24.0 Å². The molecule has 2 fully saturated rings. The lowest BCUT2D eigenvalue weighted by atomic mass is 9.85. The van der Waals surface area contributed by atoms with Crippen LogP contribution in [0.2, 0.25) is 0 Å². The number of allylic oxidation sites excluding steroid dienone is 2. The summed E-state index contributed by atoms with van der Waals surface area (Å²) < 4.78 is 5.91. The minimum absolute atomic E-state index is 0.0328. The van der Waals surface area contributed by atoms with E-state index in [1.807, 2.05) is 12.2 Å². The fraction of sp³-hybridized carbons (Fsp3) is 0.435. The van der Waals surface area contributed by atoms with Gasteiger partial charge in [-0.1, -0.05) is 41.9 Å². The number of benzene rings is 1.